The van der Waals surface area contributed by atoms with Crippen molar-refractivity contribution in [2.45, 2.75) is 25.3 Å². The summed E-state index contributed by atoms with van der Waals surface area (Å²) in [4.78, 5) is 10.2. The van der Waals surface area contributed by atoms with E-state index in [1.165, 1.54) is 32.1 Å². The predicted octanol–water partition coefficient (Wildman–Crippen LogP) is 2.12. The number of non-ortho nitro benzene ring substituents is 1. The van der Waals surface area contributed by atoms with Gasteiger partial charge in [0.25, 0.3) is 5.69 Å². The van der Waals surface area contributed by atoms with E-state index in [0.29, 0.717) is 24.1 Å². The van der Waals surface area contributed by atoms with Crippen LogP contribution in [-0.4, -0.2) is 31.2 Å². The monoisotopic (exact) mass is 266 g/mol. The molecule has 0 saturated heterocycles. The number of ether oxygens (including phenoxy) is 2. The summed E-state index contributed by atoms with van der Waals surface area (Å²) in [7, 11) is 1.47. The van der Waals surface area contributed by atoms with E-state index in [2.05, 4.69) is 5.32 Å². The first-order valence-electron chi connectivity index (χ1n) is 6.39. The summed E-state index contributed by atoms with van der Waals surface area (Å²) in [5.41, 5.74) is -0.000370. The maximum atomic E-state index is 10.7. The van der Waals surface area contributed by atoms with Crippen LogP contribution in [0, 0.1) is 10.1 Å². The molecule has 1 saturated carbocycles. The van der Waals surface area contributed by atoms with Crippen molar-refractivity contribution in [3.05, 3.63) is 28.3 Å². The van der Waals surface area contributed by atoms with E-state index in [4.69, 9.17) is 9.47 Å². The van der Waals surface area contributed by atoms with E-state index in [9.17, 15) is 10.1 Å². The molecule has 0 heterocycles. The Morgan fingerprint density at radius 1 is 1.42 bits per heavy atom. The lowest BCUT2D eigenvalue weighted by Gasteiger charge is -2.10. The van der Waals surface area contributed by atoms with Gasteiger partial charge >= 0.3 is 0 Å². The predicted molar refractivity (Wildman–Crippen MR) is 70.8 cm³/mol. The van der Waals surface area contributed by atoms with E-state index < -0.39 is 4.92 Å². The summed E-state index contributed by atoms with van der Waals surface area (Å²) < 4.78 is 10.7. The fraction of sp³-hybridized carbons (Fsp3) is 0.538. The van der Waals surface area contributed by atoms with Crippen molar-refractivity contribution in [1.29, 1.82) is 0 Å². The van der Waals surface area contributed by atoms with Crippen molar-refractivity contribution in [3.8, 4) is 11.5 Å². The number of rotatable bonds is 8. The molecule has 19 heavy (non-hydrogen) atoms. The zero-order valence-electron chi connectivity index (χ0n) is 10.9. The summed E-state index contributed by atoms with van der Waals surface area (Å²) in [5.74, 6) is 0.934. The number of nitro benzene ring substituents is 1. The molecular weight excluding hydrogens is 248 g/mol. The molecule has 0 unspecified atom stereocenters. The minimum absolute atomic E-state index is 0.000370. The Bertz CT molecular complexity index is 446. The minimum atomic E-state index is -0.453. The Balaban J connectivity index is 1.82. The van der Waals surface area contributed by atoms with E-state index in [1.54, 1.807) is 6.07 Å². The fourth-order valence-corrected chi connectivity index (χ4v) is 1.74. The highest BCUT2D eigenvalue weighted by molar-refractivity contribution is 5.48. The van der Waals surface area contributed by atoms with Crippen LogP contribution in [0.3, 0.4) is 0 Å². The molecule has 6 nitrogen and oxygen atoms in total. The van der Waals surface area contributed by atoms with Crippen LogP contribution < -0.4 is 14.8 Å². The van der Waals surface area contributed by atoms with E-state index in [1.807, 2.05) is 0 Å². The van der Waals surface area contributed by atoms with Crippen molar-refractivity contribution in [2.75, 3.05) is 20.3 Å². The van der Waals surface area contributed by atoms with Crippen molar-refractivity contribution in [1.82, 2.24) is 5.32 Å². The van der Waals surface area contributed by atoms with Crippen LogP contribution >= 0.6 is 0 Å². The summed E-state index contributed by atoms with van der Waals surface area (Å²) >= 11 is 0. The molecule has 0 atom stereocenters. The highest BCUT2D eigenvalue weighted by atomic mass is 16.6. The molecule has 0 aliphatic heterocycles. The maximum Gasteiger partial charge on any atom is 0.273 e. The van der Waals surface area contributed by atoms with E-state index in [0.717, 1.165) is 13.0 Å². The molecule has 1 fully saturated rings. The molecule has 1 aromatic carbocycles. The second kappa shape index (κ2) is 6.38. The van der Waals surface area contributed by atoms with Gasteiger partial charge in [-0.25, -0.2) is 0 Å². The third kappa shape index (κ3) is 4.10. The average molecular weight is 266 g/mol. The fourth-order valence-electron chi connectivity index (χ4n) is 1.74. The molecule has 1 aliphatic rings. The van der Waals surface area contributed by atoms with Gasteiger partial charge in [-0.05, 0) is 31.9 Å². The average Bonchev–Trinajstić information content (AvgIpc) is 3.22. The molecule has 6 heteroatoms. The van der Waals surface area contributed by atoms with Gasteiger partial charge in [0.15, 0.2) is 11.5 Å². The lowest BCUT2D eigenvalue weighted by atomic mass is 10.3. The first kappa shape index (κ1) is 13.6. The van der Waals surface area contributed by atoms with Crippen LogP contribution in [0.2, 0.25) is 0 Å². The van der Waals surface area contributed by atoms with Crippen LogP contribution in [0.4, 0.5) is 5.69 Å². The third-order valence-corrected chi connectivity index (χ3v) is 2.95. The molecule has 104 valence electrons. The summed E-state index contributed by atoms with van der Waals surface area (Å²) in [6, 6.07) is 5.07. The standard InChI is InChI=1S/C13H18N2O4/c1-18-13-9-11(15(16)17)5-6-12(13)19-8-2-7-14-10-3-4-10/h5-6,9-10,14H,2-4,7-8H2,1H3. The molecule has 2 rings (SSSR count). The van der Waals surface area contributed by atoms with Gasteiger partial charge in [0, 0.05) is 12.1 Å². The van der Waals surface area contributed by atoms with Crippen molar-refractivity contribution in [2.24, 2.45) is 0 Å². The number of methoxy groups -OCH3 is 1. The van der Waals surface area contributed by atoms with Crippen molar-refractivity contribution >= 4 is 5.69 Å². The van der Waals surface area contributed by atoms with Gasteiger partial charge in [-0.1, -0.05) is 0 Å². The van der Waals surface area contributed by atoms with Gasteiger partial charge in [0.2, 0.25) is 0 Å². The Morgan fingerprint density at radius 3 is 2.84 bits per heavy atom. The lowest BCUT2D eigenvalue weighted by Crippen LogP contribution is -2.19. The smallest absolute Gasteiger partial charge is 0.273 e. The highest BCUT2D eigenvalue weighted by Gasteiger charge is 2.19. The van der Waals surface area contributed by atoms with Gasteiger partial charge in [0.1, 0.15) is 0 Å². The van der Waals surface area contributed by atoms with Crippen LogP contribution in [0.15, 0.2) is 18.2 Å². The Kier molecular flexibility index (Phi) is 4.57. The SMILES string of the molecule is COc1cc([N+](=O)[O-])ccc1OCCCNC1CC1. The second-order valence-electron chi connectivity index (χ2n) is 4.52. The molecule has 0 spiro atoms. The van der Waals surface area contributed by atoms with Crippen LogP contribution in [0.25, 0.3) is 0 Å². The zero-order chi connectivity index (χ0) is 13.7. The largest absolute Gasteiger partial charge is 0.493 e. The van der Waals surface area contributed by atoms with Gasteiger partial charge < -0.3 is 14.8 Å². The lowest BCUT2D eigenvalue weighted by molar-refractivity contribution is -0.384. The Hall–Kier alpha value is -1.82. The summed E-state index contributed by atoms with van der Waals surface area (Å²) in [6.45, 7) is 1.49. The number of nitrogens with zero attached hydrogens (tertiary/aromatic N) is 1. The molecule has 1 aliphatic carbocycles. The quantitative estimate of drug-likeness (QED) is 0.443. The van der Waals surface area contributed by atoms with Crippen LogP contribution in [0.1, 0.15) is 19.3 Å². The maximum absolute atomic E-state index is 10.7. The highest BCUT2D eigenvalue weighted by Crippen LogP contribution is 2.31. The number of hydrogen-bond acceptors (Lipinski definition) is 5. The minimum Gasteiger partial charge on any atom is -0.493 e. The molecule has 1 aromatic rings. The first-order chi connectivity index (χ1) is 9.20. The van der Waals surface area contributed by atoms with E-state index >= 15 is 0 Å². The van der Waals surface area contributed by atoms with Crippen LogP contribution in [-0.2, 0) is 0 Å². The van der Waals surface area contributed by atoms with Crippen molar-refractivity contribution in [3.63, 3.8) is 0 Å². The molecule has 0 amide bonds. The second-order valence-corrected chi connectivity index (χ2v) is 4.52. The molecule has 1 N–H and O–H groups in total. The molecule has 0 aromatic heterocycles. The van der Waals surface area contributed by atoms with Crippen molar-refractivity contribution < 1.29 is 14.4 Å². The molecular formula is C13H18N2O4. The Morgan fingerprint density at radius 2 is 2.21 bits per heavy atom. The summed E-state index contributed by atoms with van der Waals surface area (Å²) in [6.07, 6.45) is 3.45. The molecule has 0 bridgehead atoms. The number of nitrogens with one attached hydrogen (secondary N) is 1. The number of hydrogen-bond donors (Lipinski definition) is 1. The molecule has 0 radical (unpaired) electrons. The van der Waals surface area contributed by atoms with E-state index in [-0.39, 0.29) is 5.69 Å². The third-order valence-electron chi connectivity index (χ3n) is 2.95. The first-order valence-corrected chi connectivity index (χ1v) is 6.39. The van der Waals surface area contributed by atoms with Gasteiger partial charge in [-0.15, -0.1) is 0 Å². The van der Waals surface area contributed by atoms with Crippen LogP contribution in [0.5, 0.6) is 11.5 Å². The van der Waals surface area contributed by atoms with Gasteiger partial charge in [0.05, 0.1) is 24.7 Å². The Labute approximate surface area is 111 Å². The zero-order valence-corrected chi connectivity index (χ0v) is 10.9. The van der Waals surface area contributed by atoms with Gasteiger partial charge in [-0.3, -0.25) is 10.1 Å². The topological polar surface area (TPSA) is 73.6 Å². The number of nitro groups is 1. The normalized spacial score (nSPS) is 14.2. The van der Waals surface area contributed by atoms with Gasteiger partial charge in [-0.2, -0.15) is 0 Å². The summed E-state index contributed by atoms with van der Waals surface area (Å²) in [5, 5.41) is 14.0. The number of benzene rings is 1.